The molecule has 2 N–H and O–H groups in total. The van der Waals surface area contributed by atoms with Gasteiger partial charge < -0.3 is 15.4 Å². The second-order valence-electron chi connectivity index (χ2n) is 4.29. The summed E-state index contributed by atoms with van der Waals surface area (Å²) in [6, 6.07) is 0.301. The highest BCUT2D eigenvalue weighted by molar-refractivity contribution is 5.55. The average Bonchev–Trinajstić information content (AvgIpc) is 2.74. The summed E-state index contributed by atoms with van der Waals surface area (Å²) in [7, 11) is 3.61. The molecule has 2 rings (SSSR count). The van der Waals surface area contributed by atoms with E-state index in [0.717, 1.165) is 17.8 Å². The molecule has 20 heavy (non-hydrogen) atoms. The Labute approximate surface area is 117 Å². The van der Waals surface area contributed by atoms with Gasteiger partial charge >= 0.3 is 6.01 Å². The van der Waals surface area contributed by atoms with Crippen LogP contribution in [-0.4, -0.2) is 38.4 Å². The monoisotopic (exact) mass is 277 g/mol. The summed E-state index contributed by atoms with van der Waals surface area (Å²) in [4.78, 5) is 12.6. The molecule has 8 heteroatoms. The molecular formula is C12H19N7O. The van der Waals surface area contributed by atoms with E-state index in [4.69, 9.17) is 4.74 Å². The van der Waals surface area contributed by atoms with Crippen LogP contribution < -0.4 is 15.4 Å². The van der Waals surface area contributed by atoms with Crippen molar-refractivity contribution in [3.05, 3.63) is 11.9 Å². The Morgan fingerprint density at radius 3 is 2.60 bits per heavy atom. The molecule has 0 aliphatic carbocycles. The van der Waals surface area contributed by atoms with Crippen LogP contribution in [0.5, 0.6) is 6.01 Å². The van der Waals surface area contributed by atoms with Gasteiger partial charge in [0.15, 0.2) is 0 Å². The first kappa shape index (κ1) is 14.0. The third-order valence-corrected chi connectivity index (χ3v) is 2.53. The Hall–Kier alpha value is -2.38. The lowest BCUT2D eigenvalue weighted by Crippen LogP contribution is -2.07. The Bertz CT molecular complexity index is 581. The highest BCUT2D eigenvalue weighted by atomic mass is 16.5. The van der Waals surface area contributed by atoms with E-state index >= 15 is 0 Å². The zero-order chi connectivity index (χ0) is 14.5. The zero-order valence-corrected chi connectivity index (χ0v) is 12.1. The molecule has 0 atom stereocenters. The first-order valence-corrected chi connectivity index (χ1v) is 6.46. The quantitative estimate of drug-likeness (QED) is 0.826. The number of aryl methyl sites for hydroxylation is 2. The third kappa shape index (κ3) is 3.34. The van der Waals surface area contributed by atoms with Gasteiger partial charge in [0.25, 0.3) is 0 Å². The van der Waals surface area contributed by atoms with Gasteiger partial charge in [-0.05, 0) is 13.3 Å². The minimum atomic E-state index is 0.301. The van der Waals surface area contributed by atoms with Crippen molar-refractivity contribution in [3.8, 4) is 6.01 Å². The molecule has 0 fully saturated rings. The van der Waals surface area contributed by atoms with Crippen LogP contribution in [0.2, 0.25) is 0 Å². The van der Waals surface area contributed by atoms with Crippen LogP contribution in [0, 0.1) is 6.92 Å². The molecule has 2 heterocycles. The molecule has 0 radical (unpaired) electrons. The molecule has 0 amide bonds. The number of rotatable bonds is 6. The fraction of sp³-hybridized carbons (Fsp3) is 0.500. The van der Waals surface area contributed by atoms with Gasteiger partial charge in [0.1, 0.15) is 0 Å². The molecule has 0 aromatic carbocycles. The minimum Gasteiger partial charge on any atom is -0.463 e. The van der Waals surface area contributed by atoms with Crippen molar-refractivity contribution in [1.29, 1.82) is 0 Å². The lowest BCUT2D eigenvalue weighted by molar-refractivity contribution is 0.292. The van der Waals surface area contributed by atoms with Crippen LogP contribution in [0.1, 0.15) is 19.0 Å². The maximum Gasteiger partial charge on any atom is 0.323 e. The lowest BCUT2D eigenvalue weighted by atomic mass is 10.4. The van der Waals surface area contributed by atoms with Crippen molar-refractivity contribution in [2.45, 2.75) is 20.3 Å². The number of anilines is 3. The van der Waals surface area contributed by atoms with Crippen LogP contribution >= 0.6 is 0 Å². The van der Waals surface area contributed by atoms with Crippen molar-refractivity contribution in [1.82, 2.24) is 24.7 Å². The van der Waals surface area contributed by atoms with Crippen LogP contribution in [0.15, 0.2) is 6.20 Å². The maximum atomic E-state index is 5.45. The summed E-state index contributed by atoms with van der Waals surface area (Å²) in [6.07, 6.45) is 2.76. The summed E-state index contributed by atoms with van der Waals surface area (Å²) in [5.74, 6) is 0.877. The number of hydrogen-bond acceptors (Lipinski definition) is 7. The molecule has 0 saturated carbocycles. The van der Waals surface area contributed by atoms with E-state index in [2.05, 4.69) is 30.7 Å². The molecular weight excluding hydrogens is 258 g/mol. The number of aromatic nitrogens is 5. The van der Waals surface area contributed by atoms with Crippen LogP contribution in [0.3, 0.4) is 0 Å². The molecule has 0 unspecified atom stereocenters. The number of nitrogens with one attached hydrogen (secondary N) is 2. The molecule has 8 nitrogen and oxygen atoms in total. The second kappa shape index (κ2) is 6.18. The zero-order valence-electron chi connectivity index (χ0n) is 12.1. The van der Waals surface area contributed by atoms with Crippen molar-refractivity contribution in [2.24, 2.45) is 7.05 Å². The van der Waals surface area contributed by atoms with Crippen LogP contribution in [0.4, 0.5) is 17.6 Å². The van der Waals surface area contributed by atoms with Gasteiger partial charge in [-0.15, -0.1) is 0 Å². The topological polar surface area (TPSA) is 89.8 Å². The van der Waals surface area contributed by atoms with Crippen molar-refractivity contribution < 1.29 is 4.74 Å². The van der Waals surface area contributed by atoms with E-state index in [1.54, 1.807) is 11.7 Å². The smallest absolute Gasteiger partial charge is 0.323 e. The molecule has 108 valence electrons. The van der Waals surface area contributed by atoms with E-state index in [1.165, 1.54) is 0 Å². The first-order chi connectivity index (χ1) is 9.62. The third-order valence-electron chi connectivity index (χ3n) is 2.53. The van der Waals surface area contributed by atoms with Crippen molar-refractivity contribution in [3.63, 3.8) is 0 Å². The first-order valence-electron chi connectivity index (χ1n) is 6.46. The van der Waals surface area contributed by atoms with Gasteiger partial charge in [-0.3, -0.25) is 4.68 Å². The van der Waals surface area contributed by atoms with Gasteiger partial charge in [0, 0.05) is 20.3 Å². The second-order valence-corrected chi connectivity index (χ2v) is 4.29. The lowest BCUT2D eigenvalue weighted by Gasteiger charge is -2.08. The van der Waals surface area contributed by atoms with Gasteiger partial charge in [-0.25, -0.2) is 0 Å². The van der Waals surface area contributed by atoms with E-state index in [0.29, 0.717) is 24.5 Å². The summed E-state index contributed by atoms with van der Waals surface area (Å²) >= 11 is 0. The van der Waals surface area contributed by atoms with E-state index in [9.17, 15) is 0 Å². The summed E-state index contributed by atoms with van der Waals surface area (Å²) < 4.78 is 7.18. The van der Waals surface area contributed by atoms with Crippen molar-refractivity contribution in [2.75, 3.05) is 24.3 Å². The summed E-state index contributed by atoms with van der Waals surface area (Å²) in [5.41, 5.74) is 1.72. The van der Waals surface area contributed by atoms with Crippen LogP contribution in [0.25, 0.3) is 0 Å². The van der Waals surface area contributed by atoms with Crippen LogP contribution in [-0.2, 0) is 7.05 Å². The average molecular weight is 277 g/mol. The van der Waals surface area contributed by atoms with E-state index in [1.807, 2.05) is 27.1 Å². The fourth-order valence-corrected chi connectivity index (χ4v) is 1.62. The standard InChI is InChI=1S/C12H19N7O/c1-5-6-20-12-16-10(13-3)15-11(17-12)14-9-7-19(4)18-8(9)2/h7H,5-6H2,1-4H3,(H2,13,14,15,16,17). The van der Waals surface area contributed by atoms with Gasteiger partial charge in [-0.1, -0.05) is 6.92 Å². The predicted octanol–water partition coefficient (Wildman–Crippen LogP) is 1.49. The number of ether oxygens (including phenoxy) is 1. The fourth-order valence-electron chi connectivity index (χ4n) is 1.62. The Kier molecular flexibility index (Phi) is 4.34. The van der Waals surface area contributed by atoms with Crippen molar-refractivity contribution >= 4 is 17.6 Å². The Morgan fingerprint density at radius 2 is 2.00 bits per heavy atom. The largest absolute Gasteiger partial charge is 0.463 e. The molecule has 0 aliphatic heterocycles. The molecule has 0 bridgehead atoms. The minimum absolute atomic E-state index is 0.301. The molecule has 0 spiro atoms. The summed E-state index contributed by atoms with van der Waals surface area (Å²) in [5, 5.41) is 10.3. The molecule has 2 aromatic rings. The van der Waals surface area contributed by atoms with Gasteiger partial charge in [-0.2, -0.15) is 20.1 Å². The Balaban J connectivity index is 2.23. The summed E-state index contributed by atoms with van der Waals surface area (Å²) in [6.45, 7) is 4.51. The molecule has 2 aromatic heterocycles. The van der Waals surface area contributed by atoms with E-state index in [-0.39, 0.29) is 0 Å². The van der Waals surface area contributed by atoms with Gasteiger partial charge in [0.2, 0.25) is 11.9 Å². The number of nitrogens with zero attached hydrogens (tertiary/aromatic N) is 5. The SMILES string of the molecule is CCCOc1nc(NC)nc(Nc2cn(C)nc2C)n1. The Morgan fingerprint density at radius 1 is 1.25 bits per heavy atom. The highest BCUT2D eigenvalue weighted by Crippen LogP contribution is 2.18. The molecule has 0 aliphatic rings. The molecule has 0 saturated heterocycles. The normalized spacial score (nSPS) is 10.4. The maximum absolute atomic E-state index is 5.45. The van der Waals surface area contributed by atoms with E-state index < -0.39 is 0 Å². The van der Waals surface area contributed by atoms with Gasteiger partial charge in [0.05, 0.1) is 18.0 Å². The number of hydrogen-bond donors (Lipinski definition) is 2. The predicted molar refractivity (Wildman–Crippen MR) is 76.4 cm³/mol. The highest BCUT2D eigenvalue weighted by Gasteiger charge is 2.09.